The molecule has 10 heteroatoms. The Labute approximate surface area is 214 Å². The highest BCUT2D eigenvalue weighted by molar-refractivity contribution is 8.00. The van der Waals surface area contributed by atoms with Crippen molar-refractivity contribution in [1.82, 2.24) is 15.5 Å². The molecule has 0 radical (unpaired) electrons. The summed E-state index contributed by atoms with van der Waals surface area (Å²) in [5.74, 6) is 1.27. The first-order valence-electron chi connectivity index (χ1n) is 13.0. The van der Waals surface area contributed by atoms with E-state index in [1.165, 1.54) is 0 Å². The zero-order valence-electron chi connectivity index (χ0n) is 22.0. The molecule has 0 aromatic heterocycles. The second-order valence-corrected chi connectivity index (χ2v) is 12.3. The average molecular weight is 512 g/mol. The van der Waals surface area contributed by atoms with E-state index in [2.05, 4.69) is 17.6 Å². The molecular formula is C25H45N5O4S. The molecule has 3 amide bonds. The fraction of sp³-hybridized carbons (Fsp3) is 0.840. The number of thioether (sulfide) groups is 1. The number of likely N-dealkylation sites (tertiary alicyclic amines) is 1. The van der Waals surface area contributed by atoms with Gasteiger partial charge in [0.1, 0.15) is 12.1 Å². The predicted molar refractivity (Wildman–Crippen MR) is 140 cm³/mol. The number of carbonyl (C=O) groups is 3. The minimum Gasteiger partial charge on any atom is -0.447 e. The van der Waals surface area contributed by atoms with E-state index in [4.69, 9.17) is 15.9 Å². The third kappa shape index (κ3) is 8.58. The number of hydrogen-bond donors (Lipinski definition) is 4. The number of rotatable bonds is 11. The minimum absolute atomic E-state index is 0.132. The lowest BCUT2D eigenvalue weighted by atomic mass is 9.81. The highest BCUT2D eigenvalue weighted by Crippen LogP contribution is 2.32. The van der Waals surface area contributed by atoms with Crippen LogP contribution >= 0.6 is 11.8 Å². The molecule has 35 heavy (non-hydrogen) atoms. The third-order valence-corrected chi connectivity index (χ3v) is 8.51. The van der Waals surface area contributed by atoms with Crippen molar-refractivity contribution in [3.8, 4) is 0 Å². The summed E-state index contributed by atoms with van der Waals surface area (Å²) in [4.78, 5) is 40.9. The molecule has 1 aliphatic heterocycles. The van der Waals surface area contributed by atoms with Crippen LogP contribution in [0.3, 0.4) is 0 Å². The standard InChI is InChI=1S/C25H45N5O4S/c1-6-14-35-25(4,5)20(29-24(33)34-16(2)3)23(32)30-13-7-8-19(30)22(31)28-15-17-9-11-18(12-10-17)21(26)27/h16-20H,6-15H2,1-5H3,(H3,26,27)(H,28,31)(H,29,33)/t17-,18-,19-,20-/m0/s1. The molecule has 0 aromatic rings. The maximum atomic E-state index is 13.7. The number of nitrogens with two attached hydrogens (primary N) is 1. The number of amides is 3. The van der Waals surface area contributed by atoms with Crippen molar-refractivity contribution in [1.29, 1.82) is 5.41 Å². The first kappa shape index (κ1) is 29.3. The van der Waals surface area contributed by atoms with Gasteiger partial charge in [0.15, 0.2) is 0 Å². The summed E-state index contributed by atoms with van der Waals surface area (Å²) < 4.78 is 4.70. The van der Waals surface area contributed by atoms with Gasteiger partial charge in [0.2, 0.25) is 11.8 Å². The van der Waals surface area contributed by atoms with Gasteiger partial charge in [-0.1, -0.05) is 6.92 Å². The summed E-state index contributed by atoms with van der Waals surface area (Å²) in [6, 6.07) is -1.34. The summed E-state index contributed by atoms with van der Waals surface area (Å²) in [6.45, 7) is 10.6. The van der Waals surface area contributed by atoms with E-state index in [0.717, 1.165) is 44.3 Å². The smallest absolute Gasteiger partial charge is 0.408 e. The second kappa shape index (κ2) is 13.4. The number of ether oxygens (including phenoxy) is 1. The Hall–Kier alpha value is -1.97. The van der Waals surface area contributed by atoms with Crippen LogP contribution in [0, 0.1) is 17.2 Å². The molecule has 1 heterocycles. The van der Waals surface area contributed by atoms with E-state index < -0.39 is 22.9 Å². The van der Waals surface area contributed by atoms with E-state index in [1.54, 1.807) is 30.5 Å². The Morgan fingerprint density at radius 2 is 1.83 bits per heavy atom. The zero-order chi connectivity index (χ0) is 26.2. The number of amidine groups is 1. The molecule has 0 bridgehead atoms. The van der Waals surface area contributed by atoms with Crippen molar-refractivity contribution in [2.24, 2.45) is 17.6 Å². The zero-order valence-corrected chi connectivity index (χ0v) is 22.8. The molecule has 1 aliphatic carbocycles. The summed E-state index contributed by atoms with van der Waals surface area (Å²) in [5, 5.41) is 13.5. The van der Waals surface area contributed by atoms with Crippen LogP contribution in [0.15, 0.2) is 0 Å². The Morgan fingerprint density at radius 1 is 1.17 bits per heavy atom. The van der Waals surface area contributed by atoms with Gasteiger partial charge in [0.05, 0.1) is 11.9 Å². The number of nitrogens with zero attached hydrogens (tertiary/aromatic N) is 1. The van der Waals surface area contributed by atoms with E-state index in [9.17, 15) is 14.4 Å². The van der Waals surface area contributed by atoms with Gasteiger partial charge in [0, 0.05) is 23.8 Å². The van der Waals surface area contributed by atoms with Crippen LogP contribution < -0.4 is 16.4 Å². The number of alkyl carbamates (subject to hydrolysis) is 1. The molecule has 0 spiro atoms. The molecule has 200 valence electrons. The van der Waals surface area contributed by atoms with Crippen molar-refractivity contribution in [2.75, 3.05) is 18.8 Å². The van der Waals surface area contributed by atoms with Crippen LogP contribution in [0.2, 0.25) is 0 Å². The monoisotopic (exact) mass is 511 g/mol. The highest BCUT2D eigenvalue weighted by atomic mass is 32.2. The molecule has 1 saturated heterocycles. The van der Waals surface area contributed by atoms with Crippen molar-refractivity contribution in [2.45, 2.75) is 102 Å². The molecule has 0 unspecified atom stereocenters. The van der Waals surface area contributed by atoms with E-state index in [-0.39, 0.29) is 29.7 Å². The van der Waals surface area contributed by atoms with Gasteiger partial charge in [-0.3, -0.25) is 15.0 Å². The first-order chi connectivity index (χ1) is 16.5. The summed E-state index contributed by atoms with van der Waals surface area (Å²) in [7, 11) is 0. The van der Waals surface area contributed by atoms with E-state index in [0.29, 0.717) is 25.4 Å². The number of hydrogen-bond acceptors (Lipinski definition) is 6. The second-order valence-electron chi connectivity index (χ2n) is 10.6. The summed E-state index contributed by atoms with van der Waals surface area (Å²) in [5.41, 5.74) is 5.64. The van der Waals surface area contributed by atoms with Gasteiger partial charge in [-0.05, 0) is 84.3 Å². The minimum atomic E-state index is -0.805. The Kier molecular flexibility index (Phi) is 11.2. The fourth-order valence-electron chi connectivity index (χ4n) is 4.86. The number of carbonyl (C=O) groups excluding carboxylic acids is 3. The van der Waals surface area contributed by atoms with Gasteiger partial charge < -0.3 is 26.0 Å². The Balaban J connectivity index is 2.04. The van der Waals surface area contributed by atoms with Gasteiger partial charge in [-0.25, -0.2) is 4.79 Å². The lowest BCUT2D eigenvalue weighted by Gasteiger charge is -2.37. The van der Waals surface area contributed by atoms with Crippen molar-refractivity contribution in [3.63, 3.8) is 0 Å². The van der Waals surface area contributed by atoms with Crippen LogP contribution in [-0.2, 0) is 14.3 Å². The molecule has 2 rings (SSSR count). The van der Waals surface area contributed by atoms with Crippen molar-refractivity contribution in [3.05, 3.63) is 0 Å². The molecule has 5 N–H and O–H groups in total. The molecule has 1 saturated carbocycles. The quantitative estimate of drug-likeness (QED) is 0.248. The SMILES string of the molecule is CCCSC(C)(C)[C@@H](NC(=O)OC(C)C)C(=O)N1CCC[C@H]1C(=O)NC[C@H]1CC[C@H](C(=N)N)CC1. The lowest BCUT2D eigenvalue weighted by molar-refractivity contribution is -0.140. The van der Waals surface area contributed by atoms with Crippen molar-refractivity contribution < 1.29 is 19.1 Å². The molecule has 9 nitrogen and oxygen atoms in total. The average Bonchev–Trinajstić information content (AvgIpc) is 3.29. The Bertz CT molecular complexity index is 752. The lowest BCUT2D eigenvalue weighted by Crippen LogP contribution is -2.60. The molecule has 2 atom stereocenters. The Morgan fingerprint density at radius 3 is 2.40 bits per heavy atom. The van der Waals surface area contributed by atoms with Crippen molar-refractivity contribution >= 4 is 35.5 Å². The normalized spacial score (nSPS) is 23.6. The molecule has 2 fully saturated rings. The summed E-state index contributed by atoms with van der Waals surface area (Å²) >= 11 is 1.63. The van der Waals surface area contributed by atoms with Crippen LogP contribution in [-0.4, -0.2) is 70.4 Å². The molecular weight excluding hydrogens is 466 g/mol. The van der Waals surface area contributed by atoms with Gasteiger partial charge in [-0.15, -0.1) is 0 Å². The summed E-state index contributed by atoms with van der Waals surface area (Å²) in [6.07, 6.45) is 5.03. The molecule has 0 aromatic carbocycles. The third-order valence-electron chi connectivity index (χ3n) is 6.92. The number of nitrogens with one attached hydrogen (secondary N) is 3. The maximum Gasteiger partial charge on any atom is 0.408 e. The topological polar surface area (TPSA) is 138 Å². The maximum absolute atomic E-state index is 13.7. The first-order valence-corrected chi connectivity index (χ1v) is 14.0. The van der Waals surface area contributed by atoms with E-state index in [1.807, 2.05) is 13.8 Å². The van der Waals surface area contributed by atoms with Crippen LogP contribution in [0.4, 0.5) is 4.79 Å². The predicted octanol–water partition coefficient (Wildman–Crippen LogP) is 3.26. The van der Waals surface area contributed by atoms with Gasteiger partial charge in [0.25, 0.3) is 0 Å². The molecule has 2 aliphatic rings. The largest absolute Gasteiger partial charge is 0.447 e. The highest BCUT2D eigenvalue weighted by Gasteiger charge is 2.44. The van der Waals surface area contributed by atoms with E-state index >= 15 is 0 Å². The fourth-order valence-corrected chi connectivity index (χ4v) is 5.91. The van der Waals surface area contributed by atoms with Gasteiger partial charge in [-0.2, -0.15) is 11.8 Å². The van der Waals surface area contributed by atoms with Crippen LogP contribution in [0.25, 0.3) is 0 Å². The van der Waals surface area contributed by atoms with Gasteiger partial charge >= 0.3 is 6.09 Å². The van der Waals surface area contributed by atoms with Crippen LogP contribution in [0.5, 0.6) is 0 Å². The van der Waals surface area contributed by atoms with Crippen LogP contribution in [0.1, 0.15) is 79.6 Å².